The molecular weight excluding hydrogens is 256 g/mol. The van der Waals surface area contributed by atoms with Crippen molar-refractivity contribution >= 4 is 0 Å². The molecule has 0 atom stereocenters. The number of rotatable bonds is 5. The SMILES string of the molecule is CCNCc1cc(Oc2ccc3c(c2)OCO3)ccn1. The predicted octanol–water partition coefficient (Wildman–Crippen LogP) is 2.71. The van der Waals surface area contributed by atoms with Crippen LogP contribution in [0.15, 0.2) is 36.5 Å². The van der Waals surface area contributed by atoms with Crippen molar-refractivity contribution in [3.8, 4) is 23.0 Å². The Morgan fingerprint density at radius 1 is 1.15 bits per heavy atom. The summed E-state index contributed by atoms with van der Waals surface area (Å²) in [6.07, 6.45) is 1.75. The van der Waals surface area contributed by atoms with E-state index < -0.39 is 0 Å². The van der Waals surface area contributed by atoms with Gasteiger partial charge in [0.05, 0.1) is 5.69 Å². The van der Waals surface area contributed by atoms with Gasteiger partial charge in [-0.3, -0.25) is 4.98 Å². The highest BCUT2D eigenvalue weighted by Crippen LogP contribution is 2.36. The fraction of sp³-hybridized carbons (Fsp3) is 0.267. The number of hydrogen-bond donors (Lipinski definition) is 1. The lowest BCUT2D eigenvalue weighted by atomic mass is 10.3. The highest BCUT2D eigenvalue weighted by atomic mass is 16.7. The van der Waals surface area contributed by atoms with Gasteiger partial charge in [-0.1, -0.05) is 6.92 Å². The van der Waals surface area contributed by atoms with Crippen LogP contribution in [-0.4, -0.2) is 18.3 Å². The van der Waals surface area contributed by atoms with Crippen LogP contribution in [0, 0.1) is 0 Å². The molecule has 3 rings (SSSR count). The van der Waals surface area contributed by atoms with Gasteiger partial charge in [0.1, 0.15) is 11.5 Å². The number of hydrogen-bond acceptors (Lipinski definition) is 5. The molecule has 2 heterocycles. The van der Waals surface area contributed by atoms with Crippen molar-refractivity contribution in [3.63, 3.8) is 0 Å². The Morgan fingerprint density at radius 2 is 2.00 bits per heavy atom. The maximum absolute atomic E-state index is 5.82. The molecule has 0 aliphatic carbocycles. The van der Waals surface area contributed by atoms with Crippen molar-refractivity contribution in [1.82, 2.24) is 10.3 Å². The van der Waals surface area contributed by atoms with Crippen molar-refractivity contribution in [2.75, 3.05) is 13.3 Å². The quantitative estimate of drug-likeness (QED) is 0.907. The second kappa shape index (κ2) is 5.79. The van der Waals surface area contributed by atoms with Gasteiger partial charge in [0.15, 0.2) is 11.5 Å². The number of aromatic nitrogens is 1. The van der Waals surface area contributed by atoms with Gasteiger partial charge in [0.2, 0.25) is 6.79 Å². The van der Waals surface area contributed by atoms with Gasteiger partial charge in [0.25, 0.3) is 0 Å². The van der Waals surface area contributed by atoms with Gasteiger partial charge in [-0.25, -0.2) is 0 Å². The molecule has 1 aromatic carbocycles. The predicted molar refractivity (Wildman–Crippen MR) is 74.3 cm³/mol. The monoisotopic (exact) mass is 272 g/mol. The summed E-state index contributed by atoms with van der Waals surface area (Å²) in [5.41, 5.74) is 0.949. The molecule has 0 fully saturated rings. The number of benzene rings is 1. The van der Waals surface area contributed by atoms with E-state index in [0.717, 1.165) is 36.0 Å². The zero-order valence-corrected chi connectivity index (χ0v) is 11.3. The van der Waals surface area contributed by atoms with Gasteiger partial charge in [0, 0.05) is 24.9 Å². The Kier molecular flexibility index (Phi) is 3.69. The number of pyridine rings is 1. The summed E-state index contributed by atoms with van der Waals surface area (Å²) in [5.74, 6) is 2.94. The number of nitrogens with one attached hydrogen (secondary N) is 1. The first-order valence-corrected chi connectivity index (χ1v) is 6.58. The van der Waals surface area contributed by atoms with Crippen LogP contribution in [0.25, 0.3) is 0 Å². The van der Waals surface area contributed by atoms with Crippen LogP contribution in [0.4, 0.5) is 0 Å². The minimum absolute atomic E-state index is 0.265. The average Bonchev–Trinajstić information content (AvgIpc) is 2.93. The first kappa shape index (κ1) is 12.7. The van der Waals surface area contributed by atoms with Crippen molar-refractivity contribution < 1.29 is 14.2 Å². The topological polar surface area (TPSA) is 52.6 Å². The van der Waals surface area contributed by atoms with Gasteiger partial charge >= 0.3 is 0 Å². The normalized spacial score (nSPS) is 12.4. The summed E-state index contributed by atoms with van der Waals surface area (Å²) in [7, 11) is 0. The van der Waals surface area contributed by atoms with Gasteiger partial charge < -0.3 is 19.5 Å². The van der Waals surface area contributed by atoms with Crippen LogP contribution < -0.4 is 19.5 Å². The van der Waals surface area contributed by atoms with Crippen LogP contribution in [0.5, 0.6) is 23.0 Å². The van der Waals surface area contributed by atoms with Crippen molar-refractivity contribution in [3.05, 3.63) is 42.2 Å². The second-order valence-corrected chi connectivity index (χ2v) is 4.38. The summed E-state index contributed by atoms with van der Waals surface area (Å²) >= 11 is 0. The van der Waals surface area contributed by atoms with Crippen LogP contribution in [0.3, 0.4) is 0 Å². The summed E-state index contributed by atoms with van der Waals surface area (Å²) < 4.78 is 16.4. The van der Waals surface area contributed by atoms with Crippen molar-refractivity contribution in [1.29, 1.82) is 0 Å². The van der Waals surface area contributed by atoms with E-state index in [1.807, 2.05) is 30.3 Å². The molecule has 2 aromatic rings. The standard InChI is InChI=1S/C15H16N2O3/c1-2-16-9-11-7-13(5-6-17-11)20-12-3-4-14-15(8-12)19-10-18-14/h3-8,16H,2,9-10H2,1H3. The molecule has 0 saturated carbocycles. The molecular formula is C15H16N2O3. The Balaban J connectivity index is 1.74. The highest BCUT2D eigenvalue weighted by Gasteiger charge is 2.14. The zero-order valence-electron chi connectivity index (χ0n) is 11.3. The minimum atomic E-state index is 0.265. The van der Waals surface area contributed by atoms with E-state index in [1.54, 1.807) is 6.20 Å². The molecule has 1 N–H and O–H groups in total. The smallest absolute Gasteiger partial charge is 0.231 e. The number of nitrogens with zero attached hydrogens (tertiary/aromatic N) is 1. The summed E-state index contributed by atoms with van der Waals surface area (Å²) in [4.78, 5) is 4.29. The molecule has 0 bridgehead atoms. The van der Waals surface area contributed by atoms with Crippen LogP contribution in [0.1, 0.15) is 12.6 Å². The Morgan fingerprint density at radius 3 is 2.90 bits per heavy atom. The van der Waals surface area contributed by atoms with E-state index in [0.29, 0.717) is 5.75 Å². The summed E-state index contributed by atoms with van der Waals surface area (Å²) in [6.45, 7) is 3.97. The largest absolute Gasteiger partial charge is 0.457 e. The van der Waals surface area contributed by atoms with Crippen molar-refractivity contribution in [2.45, 2.75) is 13.5 Å². The van der Waals surface area contributed by atoms with Crippen LogP contribution in [0.2, 0.25) is 0 Å². The third-order valence-corrected chi connectivity index (χ3v) is 2.92. The number of ether oxygens (including phenoxy) is 3. The van der Waals surface area contributed by atoms with E-state index in [4.69, 9.17) is 14.2 Å². The molecule has 0 spiro atoms. The Hall–Kier alpha value is -2.27. The molecule has 5 heteroatoms. The molecule has 20 heavy (non-hydrogen) atoms. The lowest BCUT2D eigenvalue weighted by Gasteiger charge is -2.08. The highest BCUT2D eigenvalue weighted by molar-refractivity contribution is 5.48. The molecule has 1 aromatic heterocycles. The molecule has 0 saturated heterocycles. The first-order valence-electron chi connectivity index (χ1n) is 6.58. The molecule has 1 aliphatic rings. The number of fused-ring (bicyclic) bond motifs is 1. The van der Waals surface area contributed by atoms with E-state index >= 15 is 0 Å². The van der Waals surface area contributed by atoms with Crippen LogP contribution in [-0.2, 0) is 6.54 Å². The third-order valence-electron chi connectivity index (χ3n) is 2.92. The van der Waals surface area contributed by atoms with Gasteiger partial charge in [-0.2, -0.15) is 0 Å². The van der Waals surface area contributed by atoms with Crippen LogP contribution >= 0.6 is 0 Å². The van der Waals surface area contributed by atoms with Crippen molar-refractivity contribution in [2.24, 2.45) is 0 Å². The zero-order chi connectivity index (χ0) is 13.8. The van der Waals surface area contributed by atoms with E-state index in [1.165, 1.54) is 0 Å². The van der Waals surface area contributed by atoms with E-state index in [-0.39, 0.29) is 6.79 Å². The third kappa shape index (κ3) is 2.83. The lowest BCUT2D eigenvalue weighted by molar-refractivity contribution is 0.174. The molecule has 0 radical (unpaired) electrons. The molecule has 1 aliphatic heterocycles. The van der Waals surface area contributed by atoms with E-state index in [9.17, 15) is 0 Å². The molecule has 5 nitrogen and oxygen atoms in total. The second-order valence-electron chi connectivity index (χ2n) is 4.38. The summed E-state index contributed by atoms with van der Waals surface area (Å²) in [6, 6.07) is 9.29. The Labute approximate surface area is 117 Å². The minimum Gasteiger partial charge on any atom is -0.457 e. The molecule has 0 unspecified atom stereocenters. The Bertz CT molecular complexity index is 601. The lowest BCUT2D eigenvalue weighted by Crippen LogP contribution is -2.12. The van der Waals surface area contributed by atoms with Gasteiger partial charge in [-0.15, -0.1) is 0 Å². The maximum atomic E-state index is 5.82. The fourth-order valence-electron chi connectivity index (χ4n) is 1.95. The maximum Gasteiger partial charge on any atom is 0.231 e. The fourth-order valence-corrected chi connectivity index (χ4v) is 1.95. The van der Waals surface area contributed by atoms with Gasteiger partial charge in [-0.05, 0) is 24.7 Å². The average molecular weight is 272 g/mol. The molecule has 104 valence electrons. The summed E-state index contributed by atoms with van der Waals surface area (Å²) in [5, 5.41) is 3.24. The molecule has 0 amide bonds. The first-order chi connectivity index (χ1) is 9.85. The van der Waals surface area contributed by atoms with E-state index in [2.05, 4.69) is 17.2 Å².